The SMILES string of the molecule is Cc1cccc2c(=O)n(CC(=O)N3CCN(S(=O)(=O)N4CCN(C)CC4)CC3)cnc12. The molecule has 4 rings (SSSR count). The molecule has 0 spiro atoms. The van der Waals surface area contributed by atoms with Gasteiger partial charge in [0.05, 0.1) is 17.2 Å². The van der Waals surface area contributed by atoms with Gasteiger partial charge in [0.15, 0.2) is 0 Å². The van der Waals surface area contributed by atoms with Gasteiger partial charge in [-0.25, -0.2) is 4.98 Å². The van der Waals surface area contributed by atoms with Crippen LogP contribution in [0.25, 0.3) is 10.9 Å². The fourth-order valence-corrected chi connectivity index (χ4v) is 5.62. The van der Waals surface area contributed by atoms with Crippen molar-refractivity contribution < 1.29 is 13.2 Å². The molecule has 1 aromatic carbocycles. The van der Waals surface area contributed by atoms with Crippen molar-refractivity contribution in [2.24, 2.45) is 0 Å². The molecule has 31 heavy (non-hydrogen) atoms. The first kappa shape index (κ1) is 21.9. The molecule has 2 aromatic rings. The number of para-hydroxylation sites is 1. The Morgan fingerprint density at radius 2 is 1.61 bits per heavy atom. The Hall–Kier alpha value is -2.34. The number of carbonyl (C=O) groups excluding carboxylic acids is 1. The van der Waals surface area contributed by atoms with Crippen LogP contribution in [0.1, 0.15) is 5.56 Å². The average Bonchev–Trinajstić information content (AvgIpc) is 2.76. The molecule has 0 N–H and O–H groups in total. The largest absolute Gasteiger partial charge is 0.338 e. The predicted octanol–water partition coefficient (Wildman–Crippen LogP) is -0.659. The minimum absolute atomic E-state index is 0.110. The molecule has 0 aliphatic carbocycles. The first-order valence-electron chi connectivity index (χ1n) is 10.4. The number of likely N-dealkylation sites (N-methyl/N-ethyl adjacent to an activating group) is 1. The van der Waals surface area contributed by atoms with E-state index in [1.807, 2.05) is 20.0 Å². The van der Waals surface area contributed by atoms with E-state index in [1.54, 1.807) is 17.0 Å². The summed E-state index contributed by atoms with van der Waals surface area (Å²) in [6.07, 6.45) is 1.41. The predicted molar refractivity (Wildman–Crippen MR) is 117 cm³/mol. The van der Waals surface area contributed by atoms with Crippen LogP contribution in [-0.2, 0) is 21.5 Å². The maximum absolute atomic E-state index is 12.9. The van der Waals surface area contributed by atoms with Gasteiger partial charge in [0, 0.05) is 52.4 Å². The summed E-state index contributed by atoms with van der Waals surface area (Å²) in [7, 11) is -1.54. The van der Waals surface area contributed by atoms with E-state index < -0.39 is 10.2 Å². The van der Waals surface area contributed by atoms with Gasteiger partial charge in [-0.3, -0.25) is 14.2 Å². The minimum Gasteiger partial charge on any atom is -0.338 e. The first-order chi connectivity index (χ1) is 14.8. The highest BCUT2D eigenvalue weighted by Crippen LogP contribution is 2.15. The van der Waals surface area contributed by atoms with Gasteiger partial charge in [0.2, 0.25) is 5.91 Å². The summed E-state index contributed by atoms with van der Waals surface area (Å²) < 4.78 is 30.1. The second-order valence-electron chi connectivity index (χ2n) is 8.14. The Morgan fingerprint density at radius 3 is 2.26 bits per heavy atom. The van der Waals surface area contributed by atoms with E-state index in [2.05, 4.69) is 9.88 Å². The van der Waals surface area contributed by atoms with Gasteiger partial charge in [-0.1, -0.05) is 12.1 Å². The topological polar surface area (TPSA) is 99.1 Å². The molecule has 0 atom stereocenters. The van der Waals surface area contributed by atoms with Gasteiger partial charge in [-0.05, 0) is 25.6 Å². The van der Waals surface area contributed by atoms with Gasteiger partial charge < -0.3 is 9.80 Å². The van der Waals surface area contributed by atoms with Crippen molar-refractivity contribution >= 4 is 27.0 Å². The van der Waals surface area contributed by atoms with E-state index in [0.717, 1.165) is 5.56 Å². The van der Waals surface area contributed by atoms with Crippen LogP contribution >= 0.6 is 0 Å². The Bertz CT molecular complexity index is 1130. The quantitative estimate of drug-likeness (QED) is 0.616. The molecule has 2 aliphatic heterocycles. The summed E-state index contributed by atoms with van der Waals surface area (Å²) in [6.45, 7) is 5.29. The Morgan fingerprint density at radius 1 is 1.00 bits per heavy atom. The van der Waals surface area contributed by atoms with Gasteiger partial charge >= 0.3 is 0 Å². The van der Waals surface area contributed by atoms with Crippen molar-refractivity contribution in [1.82, 2.24) is 28.0 Å². The monoisotopic (exact) mass is 448 g/mol. The lowest BCUT2D eigenvalue weighted by molar-refractivity contribution is -0.133. The molecule has 2 saturated heterocycles. The molecular formula is C20H28N6O4S. The van der Waals surface area contributed by atoms with E-state index in [-0.39, 0.29) is 31.1 Å². The Balaban J connectivity index is 1.39. The number of piperazine rings is 2. The smallest absolute Gasteiger partial charge is 0.282 e. The highest BCUT2D eigenvalue weighted by atomic mass is 32.2. The normalized spacial score (nSPS) is 19.7. The lowest BCUT2D eigenvalue weighted by atomic mass is 10.1. The molecule has 3 heterocycles. The van der Waals surface area contributed by atoms with E-state index in [9.17, 15) is 18.0 Å². The van der Waals surface area contributed by atoms with Crippen LogP contribution in [0.3, 0.4) is 0 Å². The Labute approximate surface area is 181 Å². The van der Waals surface area contributed by atoms with Crippen molar-refractivity contribution in [3.8, 4) is 0 Å². The molecular weight excluding hydrogens is 420 g/mol. The average molecular weight is 449 g/mol. The van der Waals surface area contributed by atoms with E-state index in [0.29, 0.717) is 50.2 Å². The molecule has 1 aromatic heterocycles. The van der Waals surface area contributed by atoms with Gasteiger partial charge in [-0.2, -0.15) is 17.0 Å². The van der Waals surface area contributed by atoms with Crippen LogP contribution < -0.4 is 5.56 Å². The number of benzene rings is 1. The van der Waals surface area contributed by atoms with Crippen molar-refractivity contribution in [3.63, 3.8) is 0 Å². The number of rotatable bonds is 4. The van der Waals surface area contributed by atoms with Crippen molar-refractivity contribution in [3.05, 3.63) is 40.4 Å². The van der Waals surface area contributed by atoms with Crippen molar-refractivity contribution in [2.75, 3.05) is 59.4 Å². The van der Waals surface area contributed by atoms with Gasteiger partial charge in [0.25, 0.3) is 15.8 Å². The fourth-order valence-electron chi connectivity index (χ4n) is 4.05. The number of hydrogen-bond donors (Lipinski definition) is 0. The Kier molecular flexibility index (Phi) is 6.11. The van der Waals surface area contributed by atoms with Crippen LogP contribution in [0, 0.1) is 6.92 Å². The summed E-state index contributed by atoms with van der Waals surface area (Å²) >= 11 is 0. The lowest BCUT2D eigenvalue weighted by Gasteiger charge is -2.39. The number of hydrogen-bond acceptors (Lipinski definition) is 6. The van der Waals surface area contributed by atoms with Crippen LogP contribution in [0.2, 0.25) is 0 Å². The highest BCUT2D eigenvalue weighted by molar-refractivity contribution is 7.86. The molecule has 0 radical (unpaired) electrons. The minimum atomic E-state index is -3.51. The van der Waals surface area contributed by atoms with Crippen LogP contribution in [0.5, 0.6) is 0 Å². The molecule has 11 heteroatoms. The highest BCUT2D eigenvalue weighted by Gasteiger charge is 2.34. The van der Waals surface area contributed by atoms with E-state index >= 15 is 0 Å². The van der Waals surface area contributed by atoms with E-state index in [1.165, 1.54) is 19.5 Å². The zero-order chi connectivity index (χ0) is 22.2. The fraction of sp³-hybridized carbons (Fsp3) is 0.550. The molecule has 1 amide bonds. The number of fused-ring (bicyclic) bond motifs is 1. The van der Waals surface area contributed by atoms with Gasteiger partial charge in [0.1, 0.15) is 6.54 Å². The summed E-state index contributed by atoms with van der Waals surface area (Å²) in [5, 5.41) is 0.485. The summed E-state index contributed by atoms with van der Waals surface area (Å²) in [5.41, 5.74) is 1.29. The second-order valence-corrected chi connectivity index (χ2v) is 10.1. The first-order valence-corrected chi connectivity index (χ1v) is 11.8. The van der Waals surface area contributed by atoms with Crippen LogP contribution in [0.4, 0.5) is 0 Å². The zero-order valence-corrected chi connectivity index (χ0v) is 18.7. The molecule has 0 unspecified atom stereocenters. The number of carbonyl (C=O) groups is 1. The van der Waals surface area contributed by atoms with Crippen molar-refractivity contribution in [1.29, 1.82) is 0 Å². The maximum atomic E-state index is 12.9. The molecule has 10 nitrogen and oxygen atoms in total. The van der Waals surface area contributed by atoms with E-state index in [4.69, 9.17) is 0 Å². The second kappa shape index (κ2) is 8.65. The number of nitrogens with zero attached hydrogens (tertiary/aromatic N) is 6. The number of aryl methyl sites for hydroxylation is 1. The summed E-state index contributed by atoms with van der Waals surface area (Å²) in [6, 6.07) is 5.40. The standard InChI is InChI=1S/C20H28N6O4S/c1-16-4-3-5-17-19(16)21-15-24(20(17)28)14-18(27)23-8-12-26(13-9-23)31(29,30)25-10-6-22(2)7-11-25/h3-5,15H,6-14H2,1-2H3. The third-order valence-corrected chi connectivity index (χ3v) is 8.10. The summed E-state index contributed by atoms with van der Waals surface area (Å²) in [4.78, 5) is 33.6. The van der Waals surface area contributed by atoms with Crippen molar-refractivity contribution in [2.45, 2.75) is 13.5 Å². The van der Waals surface area contributed by atoms with Gasteiger partial charge in [-0.15, -0.1) is 0 Å². The molecule has 2 fully saturated rings. The third kappa shape index (κ3) is 4.36. The lowest BCUT2D eigenvalue weighted by Crippen LogP contribution is -2.57. The number of aromatic nitrogens is 2. The maximum Gasteiger partial charge on any atom is 0.282 e. The van der Waals surface area contributed by atoms with Crippen LogP contribution in [-0.4, -0.2) is 102 Å². The summed E-state index contributed by atoms with van der Waals surface area (Å²) in [5.74, 6) is -0.215. The molecule has 168 valence electrons. The van der Waals surface area contributed by atoms with Crippen LogP contribution in [0.15, 0.2) is 29.3 Å². The third-order valence-electron chi connectivity index (χ3n) is 6.07. The number of amides is 1. The zero-order valence-electron chi connectivity index (χ0n) is 17.9. The molecule has 2 aliphatic rings. The molecule has 0 bridgehead atoms. The molecule has 0 saturated carbocycles.